The predicted molar refractivity (Wildman–Crippen MR) is 86.1 cm³/mol. The topological polar surface area (TPSA) is 63.4 Å². The summed E-state index contributed by atoms with van der Waals surface area (Å²) in [5.41, 5.74) is 0.604. The second-order valence-corrected chi connectivity index (χ2v) is 6.01. The van der Waals surface area contributed by atoms with Crippen LogP contribution in [-0.2, 0) is 11.3 Å². The molecular weight excluding hydrogens is 330 g/mol. The number of halogens is 2. The highest BCUT2D eigenvalue weighted by atomic mass is 19.1. The molecule has 1 aliphatic heterocycles. The molecule has 0 aromatic heterocycles. The largest absolute Gasteiger partial charge is 0.324 e. The lowest BCUT2D eigenvalue weighted by atomic mass is 9.89. The predicted octanol–water partition coefficient (Wildman–Crippen LogP) is 3.47. The van der Waals surface area contributed by atoms with E-state index in [1.807, 2.05) is 6.07 Å². The fourth-order valence-corrected chi connectivity index (χ4v) is 3.24. The molecule has 0 spiro atoms. The standard InChI is InChI=1S/C18H16F2N2O3/c19-13-6-7-15(20)14(10-13)18-16(22(24)25)8-9-17(23)21(18)11-12-4-2-1-3-5-12/h1-7,10,16,18H,8-9,11H2/t16?,18-/m1/s1. The van der Waals surface area contributed by atoms with Gasteiger partial charge in [-0.05, 0) is 23.8 Å². The van der Waals surface area contributed by atoms with Gasteiger partial charge >= 0.3 is 0 Å². The summed E-state index contributed by atoms with van der Waals surface area (Å²) in [7, 11) is 0. The van der Waals surface area contributed by atoms with Crippen molar-refractivity contribution >= 4 is 5.91 Å². The molecular formula is C18H16F2N2O3. The van der Waals surface area contributed by atoms with Crippen molar-refractivity contribution in [2.24, 2.45) is 0 Å². The molecule has 25 heavy (non-hydrogen) atoms. The number of carbonyl (C=O) groups is 1. The molecule has 0 N–H and O–H groups in total. The summed E-state index contributed by atoms with van der Waals surface area (Å²) >= 11 is 0. The minimum absolute atomic E-state index is 0.00224. The van der Waals surface area contributed by atoms with E-state index in [2.05, 4.69) is 0 Å². The molecule has 130 valence electrons. The number of hydrogen-bond donors (Lipinski definition) is 0. The van der Waals surface area contributed by atoms with Crippen LogP contribution >= 0.6 is 0 Å². The zero-order valence-corrected chi connectivity index (χ0v) is 13.3. The maximum atomic E-state index is 14.3. The van der Waals surface area contributed by atoms with Gasteiger partial charge in [0.15, 0.2) is 0 Å². The fraction of sp³-hybridized carbons (Fsp3) is 0.278. The van der Waals surface area contributed by atoms with Crippen LogP contribution < -0.4 is 0 Å². The Labute approximate surface area is 143 Å². The molecule has 0 saturated carbocycles. The molecule has 0 radical (unpaired) electrons. The van der Waals surface area contributed by atoms with Gasteiger partial charge in [0.1, 0.15) is 17.7 Å². The molecule has 1 fully saturated rings. The fourth-order valence-electron chi connectivity index (χ4n) is 3.24. The monoisotopic (exact) mass is 346 g/mol. The van der Waals surface area contributed by atoms with Crippen molar-refractivity contribution in [2.75, 3.05) is 0 Å². The zero-order valence-electron chi connectivity index (χ0n) is 13.3. The molecule has 5 nitrogen and oxygen atoms in total. The second kappa shape index (κ2) is 6.96. The van der Waals surface area contributed by atoms with Gasteiger partial charge in [-0.2, -0.15) is 0 Å². The number of benzene rings is 2. The van der Waals surface area contributed by atoms with Crippen molar-refractivity contribution in [1.29, 1.82) is 0 Å². The van der Waals surface area contributed by atoms with Crippen LogP contribution in [0.25, 0.3) is 0 Å². The first-order valence-electron chi connectivity index (χ1n) is 7.89. The maximum absolute atomic E-state index is 14.3. The Morgan fingerprint density at radius 2 is 1.88 bits per heavy atom. The molecule has 7 heteroatoms. The van der Waals surface area contributed by atoms with Crippen molar-refractivity contribution in [3.63, 3.8) is 0 Å². The molecule has 3 rings (SSSR count). The molecule has 1 unspecified atom stereocenters. The normalized spacial score (nSPS) is 20.6. The van der Waals surface area contributed by atoms with Crippen molar-refractivity contribution in [2.45, 2.75) is 31.5 Å². The van der Waals surface area contributed by atoms with Gasteiger partial charge in [0, 0.05) is 29.9 Å². The molecule has 2 aromatic carbocycles. The molecule has 2 aromatic rings. The lowest BCUT2D eigenvalue weighted by molar-refractivity contribution is -0.534. The van der Waals surface area contributed by atoms with Crippen LogP contribution in [0.5, 0.6) is 0 Å². The van der Waals surface area contributed by atoms with Crippen LogP contribution in [-0.4, -0.2) is 21.8 Å². The first kappa shape index (κ1) is 17.0. The summed E-state index contributed by atoms with van der Waals surface area (Å²) in [6, 6.07) is 9.43. The van der Waals surface area contributed by atoms with Gasteiger partial charge in [-0.1, -0.05) is 30.3 Å². The van der Waals surface area contributed by atoms with Gasteiger partial charge in [0.25, 0.3) is 0 Å². The molecule has 0 bridgehead atoms. The Hall–Kier alpha value is -2.83. The summed E-state index contributed by atoms with van der Waals surface area (Å²) in [5, 5.41) is 11.5. The number of likely N-dealkylation sites (tertiary alicyclic amines) is 1. The molecule has 1 heterocycles. The summed E-state index contributed by atoms with van der Waals surface area (Å²) in [6.45, 7) is 0.102. The SMILES string of the molecule is O=C1CCC([N+](=O)[O-])[C@@H](c2cc(F)ccc2F)N1Cc1ccccc1. The first-order chi connectivity index (χ1) is 12.0. The molecule has 1 saturated heterocycles. The van der Waals surface area contributed by atoms with E-state index in [0.717, 1.165) is 23.8 Å². The highest BCUT2D eigenvalue weighted by Crippen LogP contribution is 2.36. The van der Waals surface area contributed by atoms with E-state index in [-0.39, 0.29) is 30.9 Å². The van der Waals surface area contributed by atoms with Crippen LogP contribution in [0.1, 0.15) is 30.0 Å². The van der Waals surface area contributed by atoms with Gasteiger partial charge in [0.2, 0.25) is 11.9 Å². The van der Waals surface area contributed by atoms with Crippen molar-refractivity contribution in [3.05, 3.63) is 81.4 Å². The van der Waals surface area contributed by atoms with Crippen LogP contribution in [0.15, 0.2) is 48.5 Å². The van der Waals surface area contributed by atoms with Crippen LogP contribution in [0.2, 0.25) is 0 Å². The summed E-state index contributed by atoms with van der Waals surface area (Å²) in [6.07, 6.45) is 0.00363. The summed E-state index contributed by atoms with van der Waals surface area (Å²) < 4.78 is 27.9. The number of carbonyl (C=O) groups excluding carboxylic acids is 1. The molecule has 0 aliphatic carbocycles. The van der Waals surface area contributed by atoms with Gasteiger partial charge in [0.05, 0.1) is 0 Å². The summed E-state index contributed by atoms with van der Waals surface area (Å²) in [5.74, 6) is -1.77. The Morgan fingerprint density at radius 3 is 2.56 bits per heavy atom. The van der Waals surface area contributed by atoms with Gasteiger partial charge in [-0.3, -0.25) is 14.9 Å². The van der Waals surface area contributed by atoms with E-state index in [4.69, 9.17) is 0 Å². The van der Waals surface area contributed by atoms with Gasteiger partial charge in [-0.25, -0.2) is 8.78 Å². The third-order valence-electron chi connectivity index (χ3n) is 4.42. The van der Waals surface area contributed by atoms with Crippen molar-refractivity contribution < 1.29 is 18.5 Å². The average Bonchev–Trinajstić information content (AvgIpc) is 2.59. The van der Waals surface area contributed by atoms with E-state index < -0.39 is 28.6 Å². The second-order valence-electron chi connectivity index (χ2n) is 6.01. The number of hydrogen-bond acceptors (Lipinski definition) is 3. The van der Waals surface area contributed by atoms with Crippen LogP contribution in [0.3, 0.4) is 0 Å². The third kappa shape index (κ3) is 3.50. The highest BCUT2D eigenvalue weighted by molar-refractivity contribution is 5.78. The first-order valence-corrected chi connectivity index (χ1v) is 7.89. The van der Waals surface area contributed by atoms with Gasteiger partial charge < -0.3 is 4.90 Å². The number of nitrogens with zero attached hydrogens (tertiary/aromatic N) is 2. The Morgan fingerprint density at radius 1 is 1.16 bits per heavy atom. The number of piperidine rings is 1. The minimum Gasteiger partial charge on any atom is -0.324 e. The maximum Gasteiger partial charge on any atom is 0.237 e. The van der Waals surface area contributed by atoms with Crippen LogP contribution in [0, 0.1) is 21.7 Å². The lowest BCUT2D eigenvalue weighted by Gasteiger charge is -2.37. The average molecular weight is 346 g/mol. The van der Waals surface area contributed by atoms with E-state index in [9.17, 15) is 23.7 Å². The van der Waals surface area contributed by atoms with E-state index >= 15 is 0 Å². The number of amides is 1. The summed E-state index contributed by atoms with van der Waals surface area (Å²) in [4.78, 5) is 24.7. The molecule has 2 atom stereocenters. The lowest BCUT2D eigenvalue weighted by Crippen LogP contribution is -2.48. The Balaban J connectivity index is 2.06. The minimum atomic E-state index is -1.18. The Kier molecular flexibility index (Phi) is 4.74. The van der Waals surface area contributed by atoms with Crippen molar-refractivity contribution in [3.8, 4) is 0 Å². The highest BCUT2D eigenvalue weighted by Gasteiger charge is 2.45. The van der Waals surface area contributed by atoms with Gasteiger partial charge in [-0.15, -0.1) is 0 Å². The number of nitro groups is 1. The molecule has 1 amide bonds. The Bertz CT molecular complexity index is 798. The van der Waals surface area contributed by atoms with Crippen molar-refractivity contribution in [1.82, 2.24) is 4.90 Å². The van der Waals surface area contributed by atoms with E-state index in [1.165, 1.54) is 4.90 Å². The van der Waals surface area contributed by atoms with E-state index in [1.54, 1.807) is 24.3 Å². The van der Waals surface area contributed by atoms with Crippen LogP contribution in [0.4, 0.5) is 8.78 Å². The third-order valence-corrected chi connectivity index (χ3v) is 4.42. The van der Waals surface area contributed by atoms with E-state index in [0.29, 0.717) is 0 Å². The number of rotatable bonds is 4. The zero-order chi connectivity index (χ0) is 18.0. The molecule has 1 aliphatic rings. The smallest absolute Gasteiger partial charge is 0.237 e. The quantitative estimate of drug-likeness (QED) is 0.629.